The van der Waals surface area contributed by atoms with Crippen LogP contribution in [0.1, 0.15) is 18.1 Å². The third-order valence-electron chi connectivity index (χ3n) is 2.88. The quantitative estimate of drug-likeness (QED) is 0.567. The van der Waals surface area contributed by atoms with E-state index in [4.69, 9.17) is 27.4 Å². The van der Waals surface area contributed by atoms with Crippen molar-refractivity contribution in [2.24, 2.45) is 5.73 Å². The number of pyridine rings is 1. The van der Waals surface area contributed by atoms with Gasteiger partial charge in [0, 0.05) is 19.9 Å². The van der Waals surface area contributed by atoms with Gasteiger partial charge in [0.05, 0.1) is 18.8 Å². The first-order valence-electron chi connectivity index (χ1n) is 6.66. The Hall–Kier alpha value is -1.73. The molecule has 0 aliphatic heterocycles. The second-order valence-electron chi connectivity index (χ2n) is 4.41. The van der Waals surface area contributed by atoms with Crippen LogP contribution < -0.4 is 10.6 Å². The summed E-state index contributed by atoms with van der Waals surface area (Å²) in [4.78, 5) is 18.1. The average molecular weight is 311 g/mol. The van der Waals surface area contributed by atoms with Crippen LogP contribution in [-0.2, 0) is 14.3 Å². The topological polar surface area (TPSA) is 77.7 Å². The van der Waals surface area contributed by atoms with E-state index in [2.05, 4.69) is 4.98 Å². The number of esters is 1. The summed E-state index contributed by atoms with van der Waals surface area (Å²) >= 11 is 5.10. The van der Waals surface area contributed by atoms with Gasteiger partial charge in [-0.2, -0.15) is 0 Å². The number of hydrogen-bond acceptors (Lipinski definition) is 6. The SMILES string of the molecule is CCOC(=O)CN(CCOC)c1nccc(C)c1C(N)=S. The van der Waals surface area contributed by atoms with Gasteiger partial charge in [-0.15, -0.1) is 0 Å². The lowest BCUT2D eigenvalue weighted by Crippen LogP contribution is -2.36. The number of aromatic nitrogens is 1. The molecule has 0 bridgehead atoms. The van der Waals surface area contributed by atoms with Crippen LogP contribution in [0.2, 0.25) is 0 Å². The Morgan fingerprint density at radius 2 is 2.24 bits per heavy atom. The summed E-state index contributed by atoms with van der Waals surface area (Å²) in [5.41, 5.74) is 7.38. The average Bonchev–Trinajstić information content (AvgIpc) is 2.43. The van der Waals surface area contributed by atoms with E-state index in [-0.39, 0.29) is 17.5 Å². The first kappa shape index (κ1) is 17.3. The van der Waals surface area contributed by atoms with Gasteiger partial charge in [-0.25, -0.2) is 4.98 Å². The lowest BCUT2D eigenvalue weighted by Gasteiger charge is -2.25. The number of thiocarbonyl (C=S) groups is 1. The van der Waals surface area contributed by atoms with Gasteiger partial charge in [0.2, 0.25) is 0 Å². The van der Waals surface area contributed by atoms with E-state index >= 15 is 0 Å². The van der Waals surface area contributed by atoms with Crippen LogP contribution in [0.15, 0.2) is 12.3 Å². The minimum absolute atomic E-state index is 0.0727. The molecule has 1 aromatic heterocycles. The number of hydrogen-bond donors (Lipinski definition) is 1. The molecule has 7 heteroatoms. The lowest BCUT2D eigenvalue weighted by atomic mass is 10.1. The van der Waals surface area contributed by atoms with Gasteiger partial charge in [-0.3, -0.25) is 4.79 Å². The van der Waals surface area contributed by atoms with Crippen molar-refractivity contribution in [3.05, 3.63) is 23.4 Å². The molecular formula is C14H21N3O3S. The van der Waals surface area contributed by atoms with Crippen molar-refractivity contribution in [2.75, 3.05) is 38.3 Å². The molecule has 0 aliphatic rings. The number of methoxy groups -OCH3 is 1. The molecule has 6 nitrogen and oxygen atoms in total. The molecule has 1 aromatic rings. The Labute approximate surface area is 130 Å². The molecule has 0 saturated heterocycles. The predicted octanol–water partition coefficient (Wildman–Crippen LogP) is 1.04. The maximum absolute atomic E-state index is 11.8. The predicted molar refractivity (Wildman–Crippen MR) is 85.6 cm³/mol. The van der Waals surface area contributed by atoms with Crippen molar-refractivity contribution in [3.8, 4) is 0 Å². The fraction of sp³-hybridized carbons (Fsp3) is 0.500. The molecule has 0 aliphatic carbocycles. The van der Waals surface area contributed by atoms with Crippen molar-refractivity contribution in [3.63, 3.8) is 0 Å². The lowest BCUT2D eigenvalue weighted by molar-refractivity contribution is -0.141. The molecule has 1 rings (SSSR count). The Morgan fingerprint density at radius 3 is 2.81 bits per heavy atom. The molecule has 21 heavy (non-hydrogen) atoms. The molecule has 0 saturated carbocycles. The fourth-order valence-electron chi connectivity index (χ4n) is 1.91. The molecule has 0 radical (unpaired) electrons. The fourth-order valence-corrected chi connectivity index (χ4v) is 2.16. The van der Waals surface area contributed by atoms with E-state index in [1.165, 1.54) is 0 Å². The largest absolute Gasteiger partial charge is 0.465 e. The standard InChI is InChI=1S/C14H21N3O3S/c1-4-20-11(18)9-17(7-8-19-3)14-12(13(15)21)10(2)5-6-16-14/h5-6H,4,7-9H2,1-3H3,(H2,15,21). The Bertz CT molecular complexity index is 508. The van der Waals surface area contributed by atoms with E-state index in [1.54, 1.807) is 25.1 Å². The minimum Gasteiger partial charge on any atom is -0.465 e. The first-order valence-corrected chi connectivity index (χ1v) is 7.07. The number of carbonyl (C=O) groups is 1. The summed E-state index contributed by atoms with van der Waals surface area (Å²) in [5.74, 6) is 0.249. The highest BCUT2D eigenvalue weighted by Crippen LogP contribution is 2.21. The van der Waals surface area contributed by atoms with Crippen LogP contribution in [0, 0.1) is 6.92 Å². The first-order chi connectivity index (χ1) is 10.0. The number of rotatable bonds is 8. The van der Waals surface area contributed by atoms with Crippen LogP contribution in [-0.4, -0.2) is 49.4 Å². The van der Waals surface area contributed by atoms with E-state index in [0.717, 1.165) is 5.56 Å². The number of nitrogens with zero attached hydrogens (tertiary/aromatic N) is 2. The van der Waals surface area contributed by atoms with Gasteiger partial charge in [-0.1, -0.05) is 12.2 Å². The van der Waals surface area contributed by atoms with Crippen LogP contribution in [0.3, 0.4) is 0 Å². The van der Waals surface area contributed by atoms with Crippen LogP contribution in [0.5, 0.6) is 0 Å². The third-order valence-corrected chi connectivity index (χ3v) is 3.08. The highest BCUT2D eigenvalue weighted by atomic mass is 32.1. The van der Waals surface area contributed by atoms with E-state index in [0.29, 0.717) is 31.1 Å². The molecule has 0 atom stereocenters. The number of aryl methyl sites for hydroxylation is 1. The number of nitrogens with two attached hydrogens (primary N) is 1. The normalized spacial score (nSPS) is 10.2. The number of anilines is 1. The van der Waals surface area contributed by atoms with E-state index in [9.17, 15) is 4.79 Å². The van der Waals surface area contributed by atoms with E-state index in [1.807, 2.05) is 13.0 Å². The molecule has 0 aromatic carbocycles. The molecule has 1 heterocycles. The van der Waals surface area contributed by atoms with Gasteiger partial charge < -0.3 is 20.1 Å². The zero-order valence-corrected chi connectivity index (χ0v) is 13.4. The number of ether oxygens (including phenoxy) is 2. The molecule has 0 spiro atoms. The highest BCUT2D eigenvalue weighted by molar-refractivity contribution is 7.80. The smallest absolute Gasteiger partial charge is 0.325 e. The van der Waals surface area contributed by atoms with Gasteiger partial charge in [0.25, 0.3) is 0 Å². The molecule has 2 N–H and O–H groups in total. The van der Waals surface area contributed by atoms with Crippen molar-refractivity contribution < 1.29 is 14.3 Å². The highest BCUT2D eigenvalue weighted by Gasteiger charge is 2.19. The zero-order chi connectivity index (χ0) is 15.8. The summed E-state index contributed by atoms with van der Waals surface area (Å²) in [6.07, 6.45) is 1.66. The van der Waals surface area contributed by atoms with Crippen molar-refractivity contribution >= 4 is 29.0 Å². The second-order valence-corrected chi connectivity index (χ2v) is 4.85. The van der Waals surface area contributed by atoms with Crippen LogP contribution in [0.4, 0.5) is 5.82 Å². The Balaban J connectivity index is 3.10. The van der Waals surface area contributed by atoms with Crippen molar-refractivity contribution in [1.82, 2.24) is 4.98 Å². The van der Waals surface area contributed by atoms with Gasteiger partial charge in [0.15, 0.2) is 0 Å². The van der Waals surface area contributed by atoms with Gasteiger partial charge in [0.1, 0.15) is 17.4 Å². The Morgan fingerprint density at radius 1 is 1.52 bits per heavy atom. The minimum atomic E-state index is -0.328. The summed E-state index contributed by atoms with van der Waals surface area (Å²) in [5, 5.41) is 0. The maximum atomic E-state index is 11.8. The molecule has 0 unspecified atom stereocenters. The van der Waals surface area contributed by atoms with Crippen LogP contribution >= 0.6 is 12.2 Å². The summed E-state index contributed by atoms with van der Waals surface area (Å²) in [7, 11) is 1.60. The maximum Gasteiger partial charge on any atom is 0.325 e. The monoisotopic (exact) mass is 311 g/mol. The zero-order valence-electron chi connectivity index (χ0n) is 12.6. The summed E-state index contributed by atoms with van der Waals surface area (Å²) < 4.78 is 10.1. The van der Waals surface area contributed by atoms with Crippen LogP contribution in [0.25, 0.3) is 0 Å². The number of carbonyl (C=O) groups excluding carboxylic acids is 1. The molecule has 0 fully saturated rings. The molecular weight excluding hydrogens is 290 g/mol. The van der Waals surface area contributed by atoms with Gasteiger partial charge >= 0.3 is 5.97 Å². The summed E-state index contributed by atoms with van der Waals surface area (Å²) in [6.45, 7) is 5.01. The summed E-state index contributed by atoms with van der Waals surface area (Å²) in [6, 6.07) is 1.83. The van der Waals surface area contributed by atoms with Crippen molar-refractivity contribution in [1.29, 1.82) is 0 Å². The third kappa shape index (κ3) is 4.95. The van der Waals surface area contributed by atoms with Crippen molar-refractivity contribution in [2.45, 2.75) is 13.8 Å². The van der Waals surface area contributed by atoms with E-state index < -0.39 is 0 Å². The second kappa shape index (κ2) is 8.53. The molecule has 0 amide bonds. The molecule has 116 valence electrons. The van der Waals surface area contributed by atoms with Gasteiger partial charge in [-0.05, 0) is 25.5 Å². The Kier molecular flexibility index (Phi) is 7.04.